The zero-order valence-corrected chi connectivity index (χ0v) is 19.3. The standard InChI is InChI=1S/C29H35NO2/c1-3-4-5-6-7-11-22-32-28-20-18-26(19-21-28)25-14-16-27(17-15-25)29(31)30-23(2)24-12-9-8-10-13-24/h8-10,12-21,23H,3-7,11,22H2,1-2H3,(H,30,31). The normalized spacial score (nSPS) is 11.7. The molecule has 3 rings (SSSR count). The van der Waals surface area contributed by atoms with Gasteiger partial charge in [-0.05, 0) is 54.3 Å². The Morgan fingerprint density at radius 2 is 1.38 bits per heavy atom. The van der Waals surface area contributed by atoms with Crippen LogP contribution in [0, 0.1) is 0 Å². The molecular weight excluding hydrogens is 394 g/mol. The summed E-state index contributed by atoms with van der Waals surface area (Å²) in [6.07, 6.45) is 7.60. The summed E-state index contributed by atoms with van der Waals surface area (Å²) in [5, 5.41) is 3.06. The molecule has 1 N–H and O–H groups in total. The van der Waals surface area contributed by atoms with Gasteiger partial charge in [0.2, 0.25) is 0 Å². The highest BCUT2D eigenvalue weighted by atomic mass is 16.5. The van der Waals surface area contributed by atoms with Crippen LogP contribution >= 0.6 is 0 Å². The van der Waals surface area contributed by atoms with Gasteiger partial charge < -0.3 is 10.1 Å². The average molecular weight is 430 g/mol. The van der Waals surface area contributed by atoms with Crippen molar-refractivity contribution in [1.29, 1.82) is 0 Å². The first kappa shape index (κ1) is 23.6. The second kappa shape index (κ2) is 12.7. The lowest BCUT2D eigenvalue weighted by molar-refractivity contribution is 0.0940. The van der Waals surface area contributed by atoms with Gasteiger partial charge in [0.05, 0.1) is 12.6 Å². The van der Waals surface area contributed by atoms with E-state index in [0.29, 0.717) is 5.56 Å². The number of carbonyl (C=O) groups excluding carboxylic acids is 1. The van der Waals surface area contributed by atoms with Crippen molar-refractivity contribution in [2.75, 3.05) is 6.61 Å². The summed E-state index contributed by atoms with van der Waals surface area (Å²) >= 11 is 0. The second-order valence-corrected chi connectivity index (χ2v) is 8.32. The molecule has 0 aliphatic rings. The monoisotopic (exact) mass is 429 g/mol. The van der Waals surface area contributed by atoms with Gasteiger partial charge in [-0.25, -0.2) is 0 Å². The molecule has 0 aliphatic heterocycles. The van der Waals surface area contributed by atoms with Crippen molar-refractivity contribution in [3.63, 3.8) is 0 Å². The maximum Gasteiger partial charge on any atom is 0.251 e. The molecule has 168 valence electrons. The van der Waals surface area contributed by atoms with Crippen molar-refractivity contribution in [3.8, 4) is 16.9 Å². The zero-order chi connectivity index (χ0) is 22.6. The molecule has 0 fully saturated rings. The van der Waals surface area contributed by atoms with Gasteiger partial charge in [-0.3, -0.25) is 4.79 Å². The fraction of sp³-hybridized carbons (Fsp3) is 0.345. The highest BCUT2D eigenvalue weighted by Crippen LogP contribution is 2.23. The van der Waals surface area contributed by atoms with Crippen molar-refractivity contribution in [2.24, 2.45) is 0 Å². The first-order chi connectivity index (χ1) is 15.7. The molecule has 0 aliphatic carbocycles. The van der Waals surface area contributed by atoms with Crippen molar-refractivity contribution in [1.82, 2.24) is 5.32 Å². The summed E-state index contributed by atoms with van der Waals surface area (Å²) in [6.45, 7) is 5.01. The Bertz CT molecular complexity index is 933. The molecule has 3 aromatic carbocycles. The van der Waals surface area contributed by atoms with Gasteiger partial charge in [0.1, 0.15) is 5.75 Å². The van der Waals surface area contributed by atoms with E-state index in [9.17, 15) is 4.79 Å². The molecule has 0 aromatic heterocycles. The van der Waals surface area contributed by atoms with Gasteiger partial charge in [-0.15, -0.1) is 0 Å². The molecule has 32 heavy (non-hydrogen) atoms. The molecule has 1 amide bonds. The molecular formula is C29H35NO2. The summed E-state index contributed by atoms with van der Waals surface area (Å²) in [6, 6.07) is 25.9. The van der Waals surface area contributed by atoms with E-state index in [-0.39, 0.29) is 11.9 Å². The third-order valence-corrected chi connectivity index (χ3v) is 5.75. The van der Waals surface area contributed by atoms with Crippen molar-refractivity contribution >= 4 is 5.91 Å². The van der Waals surface area contributed by atoms with E-state index < -0.39 is 0 Å². The van der Waals surface area contributed by atoms with Crippen LogP contribution in [0.15, 0.2) is 78.9 Å². The van der Waals surface area contributed by atoms with Crippen LogP contribution in [0.3, 0.4) is 0 Å². The van der Waals surface area contributed by atoms with E-state index >= 15 is 0 Å². The summed E-state index contributed by atoms with van der Waals surface area (Å²) in [4.78, 5) is 12.6. The van der Waals surface area contributed by atoms with E-state index in [1.165, 1.54) is 32.1 Å². The third kappa shape index (κ3) is 7.26. The van der Waals surface area contributed by atoms with Gasteiger partial charge in [0, 0.05) is 5.56 Å². The average Bonchev–Trinajstić information content (AvgIpc) is 2.84. The molecule has 0 saturated heterocycles. The van der Waals surface area contributed by atoms with Crippen LogP contribution in [0.1, 0.15) is 74.3 Å². The van der Waals surface area contributed by atoms with Gasteiger partial charge in [-0.1, -0.05) is 93.6 Å². The SMILES string of the molecule is CCCCCCCCOc1ccc(-c2ccc(C(=O)NC(C)c3ccccc3)cc2)cc1. The molecule has 3 aromatic rings. The number of benzene rings is 3. The van der Waals surface area contributed by atoms with Crippen LogP contribution in [0.5, 0.6) is 5.75 Å². The topological polar surface area (TPSA) is 38.3 Å². The Hall–Kier alpha value is -3.07. The first-order valence-electron chi connectivity index (χ1n) is 11.9. The number of nitrogens with one attached hydrogen (secondary N) is 1. The van der Waals surface area contributed by atoms with E-state index in [2.05, 4.69) is 24.4 Å². The van der Waals surface area contributed by atoms with Crippen molar-refractivity contribution < 1.29 is 9.53 Å². The molecule has 3 heteroatoms. The molecule has 3 nitrogen and oxygen atoms in total. The minimum absolute atomic E-state index is 0.0349. The molecule has 0 heterocycles. The molecule has 1 atom stereocenters. The lowest BCUT2D eigenvalue weighted by atomic mass is 10.0. The van der Waals surface area contributed by atoms with Crippen LogP contribution in [-0.2, 0) is 0 Å². The fourth-order valence-corrected chi connectivity index (χ4v) is 3.74. The molecule has 0 bridgehead atoms. The van der Waals surface area contributed by atoms with Gasteiger partial charge in [-0.2, -0.15) is 0 Å². The van der Waals surface area contributed by atoms with E-state index in [4.69, 9.17) is 4.74 Å². The van der Waals surface area contributed by atoms with Crippen molar-refractivity contribution in [3.05, 3.63) is 90.0 Å². The highest BCUT2D eigenvalue weighted by molar-refractivity contribution is 5.94. The summed E-state index contributed by atoms with van der Waals surface area (Å²) in [7, 11) is 0. The second-order valence-electron chi connectivity index (χ2n) is 8.32. The van der Waals surface area contributed by atoms with E-state index in [1.807, 2.05) is 73.7 Å². The predicted molar refractivity (Wildman–Crippen MR) is 133 cm³/mol. The number of rotatable bonds is 12. The first-order valence-corrected chi connectivity index (χ1v) is 11.9. The Balaban J connectivity index is 1.48. The Kier molecular flexibility index (Phi) is 9.37. The van der Waals surface area contributed by atoms with E-state index in [1.54, 1.807) is 0 Å². The maximum absolute atomic E-state index is 12.6. The van der Waals surface area contributed by atoms with Crippen LogP contribution < -0.4 is 10.1 Å². The molecule has 0 spiro atoms. The van der Waals surface area contributed by atoms with Crippen LogP contribution in [0.25, 0.3) is 11.1 Å². The summed E-state index contributed by atoms with van der Waals surface area (Å²) in [5.41, 5.74) is 3.95. The van der Waals surface area contributed by atoms with Gasteiger partial charge >= 0.3 is 0 Å². The summed E-state index contributed by atoms with van der Waals surface area (Å²) < 4.78 is 5.87. The quantitative estimate of drug-likeness (QED) is 0.301. The zero-order valence-electron chi connectivity index (χ0n) is 19.3. The minimum atomic E-state index is -0.0636. The molecule has 1 unspecified atom stereocenters. The number of unbranched alkanes of at least 4 members (excludes halogenated alkanes) is 5. The lowest BCUT2D eigenvalue weighted by Gasteiger charge is -2.14. The highest BCUT2D eigenvalue weighted by Gasteiger charge is 2.11. The van der Waals surface area contributed by atoms with Gasteiger partial charge in [0.25, 0.3) is 5.91 Å². The molecule has 0 saturated carbocycles. The minimum Gasteiger partial charge on any atom is -0.494 e. The predicted octanol–water partition coefficient (Wildman–Crippen LogP) is 7.58. The lowest BCUT2D eigenvalue weighted by Crippen LogP contribution is -2.26. The largest absolute Gasteiger partial charge is 0.494 e. The van der Waals surface area contributed by atoms with E-state index in [0.717, 1.165) is 35.5 Å². The Morgan fingerprint density at radius 3 is 2.03 bits per heavy atom. The number of hydrogen-bond acceptors (Lipinski definition) is 2. The Morgan fingerprint density at radius 1 is 0.781 bits per heavy atom. The molecule has 0 radical (unpaired) electrons. The van der Waals surface area contributed by atoms with Crippen LogP contribution in [0.2, 0.25) is 0 Å². The van der Waals surface area contributed by atoms with Crippen molar-refractivity contribution in [2.45, 2.75) is 58.4 Å². The summed E-state index contributed by atoms with van der Waals surface area (Å²) in [5.74, 6) is 0.847. The smallest absolute Gasteiger partial charge is 0.251 e. The number of hydrogen-bond donors (Lipinski definition) is 1. The Labute approximate surface area is 192 Å². The fourth-order valence-electron chi connectivity index (χ4n) is 3.74. The number of ether oxygens (including phenoxy) is 1. The van der Waals surface area contributed by atoms with Crippen LogP contribution in [0.4, 0.5) is 0 Å². The van der Waals surface area contributed by atoms with Gasteiger partial charge in [0.15, 0.2) is 0 Å². The number of amides is 1. The van der Waals surface area contributed by atoms with Crippen LogP contribution in [-0.4, -0.2) is 12.5 Å². The third-order valence-electron chi connectivity index (χ3n) is 5.75. The number of carbonyl (C=O) groups is 1. The maximum atomic E-state index is 12.6.